The highest BCUT2D eigenvalue weighted by Crippen LogP contribution is 2.34. The minimum absolute atomic E-state index is 0.345. The van der Waals surface area contributed by atoms with Crippen molar-refractivity contribution in [2.75, 3.05) is 26.2 Å². The van der Waals surface area contributed by atoms with Crippen LogP contribution in [-0.2, 0) is 4.79 Å². The van der Waals surface area contributed by atoms with Crippen LogP contribution in [0.4, 0.5) is 0 Å². The van der Waals surface area contributed by atoms with E-state index in [9.17, 15) is 4.79 Å². The van der Waals surface area contributed by atoms with Crippen molar-refractivity contribution < 1.29 is 4.79 Å². The molecule has 3 rings (SSSR count). The van der Waals surface area contributed by atoms with Gasteiger partial charge in [0.25, 0.3) is 0 Å². The molecule has 1 amide bonds. The Morgan fingerprint density at radius 1 is 0.905 bits per heavy atom. The summed E-state index contributed by atoms with van der Waals surface area (Å²) in [5.74, 6) is 1.15. The molecule has 0 spiro atoms. The quantitative estimate of drug-likeness (QED) is 0.865. The molecule has 2 N–H and O–H groups in total. The number of amides is 1. The maximum absolute atomic E-state index is 12.7. The summed E-state index contributed by atoms with van der Waals surface area (Å²) in [6, 6.07) is 0.892. The van der Waals surface area contributed by atoms with Crippen molar-refractivity contribution in [1.82, 2.24) is 9.80 Å². The van der Waals surface area contributed by atoms with Crippen LogP contribution in [0.2, 0.25) is 0 Å². The van der Waals surface area contributed by atoms with E-state index in [0.29, 0.717) is 24.5 Å². The average molecular weight is 293 g/mol. The smallest absolute Gasteiger partial charge is 0.237 e. The molecule has 2 aliphatic heterocycles. The SMILES string of the molecule is NC1CCN(CC(=O)N2CCCC2C2CCCCC2)CC1. The van der Waals surface area contributed by atoms with Gasteiger partial charge in [0.2, 0.25) is 5.91 Å². The topological polar surface area (TPSA) is 49.6 Å². The molecular weight excluding hydrogens is 262 g/mol. The summed E-state index contributed by atoms with van der Waals surface area (Å²) < 4.78 is 0. The van der Waals surface area contributed by atoms with E-state index in [1.165, 1.54) is 44.9 Å². The van der Waals surface area contributed by atoms with Crippen LogP contribution >= 0.6 is 0 Å². The molecule has 21 heavy (non-hydrogen) atoms. The minimum Gasteiger partial charge on any atom is -0.338 e. The lowest BCUT2D eigenvalue weighted by molar-refractivity contribution is -0.134. The predicted molar refractivity (Wildman–Crippen MR) is 85.0 cm³/mol. The Morgan fingerprint density at radius 3 is 2.33 bits per heavy atom. The second-order valence-electron chi connectivity index (χ2n) is 7.31. The molecule has 4 heteroatoms. The lowest BCUT2D eigenvalue weighted by atomic mass is 9.83. The zero-order valence-corrected chi connectivity index (χ0v) is 13.3. The van der Waals surface area contributed by atoms with E-state index in [0.717, 1.165) is 38.4 Å². The van der Waals surface area contributed by atoms with Crippen LogP contribution in [0.1, 0.15) is 57.8 Å². The fourth-order valence-electron chi connectivity index (χ4n) is 4.50. The summed E-state index contributed by atoms with van der Waals surface area (Å²) in [7, 11) is 0. The molecule has 0 aromatic carbocycles. The monoisotopic (exact) mass is 293 g/mol. The van der Waals surface area contributed by atoms with Crippen molar-refractivity contribution in [3.05, 3.63) is 0 Å². The third-order valence-electron chi connectivity index (χ3n) is 5.80. The fraction of sp³-hybridized carbons (Fsp3) is 0.941. The van der Waals surface area contributed by atoms with Gasteiger partial charge in [-0.25, -0.2) is 0 Å². The van der Waals surface area contributed by atoms with E-state index in [4.69, 9.17) is 5.73 Å². The Bertz CT molecular complexity index is 346. The summed E-state index contributed by atoms with van der Waals surface area (Å²) in [6.07, 6.45) is 11.3. The Hall–Kier alpha value is -0.610. The first-order valence-electron chi connectivity index (χ1n) is 9.01. The number of likely N-dealkylation sites (tertiary alicyclic amines) is 2. The number of hydrogen-bond donors (Lipinski definition) is 1. The lowest BCUT2D eigenvalue weighted by Gasteiger charge is -2.36. The largest absolute Gasteiger partial charge is 0.338 e. The third kappa shape index (κ3) is 3.78. The molecular formula is C17H31N3O. The van der Waals surface area contributed by atoms with Gasteiger partial charge in [0.05, 0.1) is 6.54 Å². The lowest BCUT2D eigenvalue weighted by Crippen LogP contribution is -2.48. The van der Waals surface area contributed by atoms with Crippen LogP contribution in [0.5, 0.6) is 0 Å². The molecule has 3 fully saturated rings. The summed E-state index contributed by atoms with van der Waals surface area (Å²) in [5.41, 5.74) is 5.95. The van der Waals surface area contributed by atoms with Gasteiger partial charge in [-0.05, 0) is 44.4 Å². The molecule has 2 saturated heterocycles. The molecule has 0 radical (unpaired) electrons. The first-order valence-corrected chi connectivity index (χ1v) is 9.01. The number of carbonyl (C=O) groups is 1. The third-order valence-corrected chi connectivity index (χ3v) is 5.80. The van der Waals surface area contributed by atoms with Gasteiger partial charge in [0.15, 0.2) is 0 Å². The van der Waals surface area contributed by atoms with Crippen LogP contribution in [-0.4, -0.2) is 54.0 Å². The van der Waals surface area contributed by atoms with Crippen LogP contribution in [0, 0.1) is 5.92 Å². The van der Waals surface area contributed by atoms with Crippen LogP contribution < -0.4 is 5.73 Å². The summed E-state index contributed by atoms with van der Waals surface area (Å²) in [5, 5.41) is 0. The van der Waals surface area contributed by atoms with Gasteiger partial charge in [-0.1, -0.05) is 19.3 Å². The number of hydrogen-bond acceptors (Lipinski definition) is 3. The molecule has 120 valence electrons. The van der Waals surface area contributed by atoms with Gasteiger partial charge in [-0.15, -0.1) is 0 Å². The van der Waals surface area contributed by atoms with Crippen LogP contribution in [0.15, 0.2) is 0 Å². The number of piperidine rings is 1. The first kappa shape index (κ1) is 15.3. The highest BCUT2D eigenvalue weighted by atomic mass is 16.2. The van der Waals surface area contributed by atoms with E-state index in [1.54, 1.807) is 0 Å². The van der Waals surface area contributed by atoms with Crippen LogP contribution in [0.25, 0.3) is 0 Å². The number of rotatable bonds is 3. The molecule has 4 nitrogen and oxygen atoms in total. The van der Waals surface area contributed by atoms with Crippen molar-refractivity contribution in [1.29, 1.82) is 0 Å². The number of carbonyl (C=O) groups excluding carboxylic acids is 1. The number of nitrogens with two attached hydrogens (primary N) is 1. The van der Waals surface area contributed by atoms with Crippen molar-refractivity contribution in [2.24, 2.45) is 11.7 Å². The second kappa shape index (κ2) is 7.10. The first-order chi connectivity index (χ1) is 10.2. The van der Waals surface area contributed by atoms with Crippen molar-refractivity contribution >= 4 is 5.91 Å². The highest BCUT2D eigenvalue weighted by molar-refractivity contribution is 5.79. The fourth-order valence-corrected chi connectivity index (χ4v) is 4.50. The Labute approximate surface area is 129 Å². The van der Waals surface area contributed by atoms with E-state index in [2.05, 4.69) is 9.80 Å². The summed E-state index contributed by atoms with van der Waals surface area (Å²) in [4.78, 5) is 17.2. The van der Waals surface area contributed by atoms with E-state index >= 15 is 0 Å². The summed E-state index contributed by atoms with van der Waals surface area (Å²) >= 11 is 0. The Kier molecular flexibility index (Phi) is 5.17. The Balaban J connectivity index is 1.53. The maximum Gasteiger partial charge on any atom is 0.237 e. The van der Waals surface area contributed by atoms with Crippen molar-refractivity contribution in [3.63, 3.8) is 0 Å². The molecule has 0 aromatic rings. The van der Waals surface area contributed by atoms with Gasteiger partial charge in [-0.2, -0.15) is 0 Å². The molecule has 2 heterocycles. The van der Waals surface area contributed by atoms with Gasteiger partial charge in [0.1, 0.15) is 0 Å². The standard InChI is InChI=1S/C17H31N3O/c18-15-8-11-19(12-9-15)13-17(21)20-10-4-7-16(20)14-5-2-1-3-6-14/h14-16H,1-13,18H2. The predicted octanol–water partition coefficient (Wildman–Crippen LogP) is 1.98. The molecule has 0 aromatic heterocycles. The molecule has 1 aliphatic carbocycles. The van der Waals surface area contributed by atoms with Crippen molar-refractivity contribution in [3.8, 4) is 0 Å². The molecule has 0 bridgehead atoms. The molecule has 1 unspecified atom stereocenters. The molecule has 1 atom stereocenters. The van der Waals surface area contributed by atoms with Crippen LogP contribution in [0.3, 0.4) is 0 Å². The zero-order chi connectivity index (χ0) is 14.7. The van der Waals surface area contributed by atoms with Gasteiger partial charge >= 0.3 is 0 Å². The van der Waals surface area contributed by atoms with Gasteiger partial charge in [0, 0.05) is 31.7 Å². The molecule has 3 aliphatic rings. The van der Waals surface area contributed by atoms with E-state index in [-0.39, 0.29) is 0 Å². The molecule has 1 saturated carbocycles. The van der Waals surface area contributed by atoms with E-state index < -0.39 is 0 Å². The van der Waals surface area contributed by atoms with E-state index in [1.807, 2.05) is 0 Å². The average Bonchev–Trinajstić information content (AvgIpc) is 3.00. The second-order valence-corrected chi connectivity index (χ2v) is 7.31. The summed E-state index contributed by atoms with van der Waals surface area (Å²) in [6.45, 7) is 3.60. The highest BCUT2D eigenvalue weighted by Gasteiger charge is 2.35. The van der Waals surface area contributed by atoms with Crippen molar-refractivity contribution in [2.45, 2.75) is 69.9 Å². The zero-order valence-electron chi connectivity index (χ0n) is 13.3. The number of nitrogens with zero attached hydrogens (tertiary/aromatic N) is 2. The maximum atomic E-state index is 12.7. The Morgan fingerprint density at radius 2 is 1.62 bits per heavy atom. The van der Waals surface area contributed by atoms with Gasteiger partial charge < -0.3 is 10.6 Å². The minimum atomic E-state index is 0.345. The van der Waals surface area contributed by atoms with Gasteiger partial charge in [-0.3, -0.25) is 9.69 Å². The normalized spacial score (nSPS) is 30.0.